The molecule has 2 rings (SSSR count). The maximum atomic E-state index is 13.8. The molecule has 0 spiro atoms. The van der Waals surface area contributed by atoms with E-state index in [0.29, 0.717) is 11.1 Å². The van der Waals surface area contributed by atoms with Crippen molar-refractivity contribution >= 4 is 17.4 Å². The summed E-state index contributed by atoms with van der Waals surface area (Å²) >= 11 is 0. The summed E-state index contributed by atoms with van der Waals surface area (Å²) in [5.74, 6) is -0.932. The molecular weight excluding hydrogens is 409 g/mol. The summed E-state index contributed by atoms with van der Waals surface area (Å²) in [7, 11) is 1.21. The lowest BCUT2D eigenvalue weighted by molar-refractivity contribution is -0.0918. The maximum absolute atomic E-state index is 13.8. The van der Waals surface area contributed by atoms with Gasteiger partial charge in [0.1, 0.15) is 18.1 Å². The topological polar surface area (TPSA) is 73.9 Å². The van der Waals surface area contributed by atoms with Crippen molar-refractivity contribution in [3.63, 3.8) is 0 Å². The summed E-state index contributed by atoms with van der Waals surface area (Å²) in [4.78, 5) is 15.6. The van der Waals surface area contributed by atoms with Gasteiger partial charge in [0.2, 0.25) is 0 Å². The number of methoxy groups -OCH3 is 1. The number of hydrogen-bond acceptors (Lipinski definition) is 4. The Balaban J connectivity index is 2.38. The van der Waals surface area contributed by atoms with Gasteiger partial charge in [-0.05, 0) is 54.7 Å². The Bertz CT molecular complexity index is 997. The first-order valence-electron chi connectivity index (χ1n) is 9.47. The van der Waals surface area contributed by atoms with Gasteiger partial charge in [-0.2, -0.15) is 13.2 Å². The molecule has 166 valence electrons. The predicted octanol–water partition coefficient (Wildman–Crippen LogP) is 4.96. The largest absolute Gasteiger partial charge is 0.465 e. The minimum Gasteiger partial charge on any atom is -0.465 e. The van der Waals surface area contributed by atoms with Crippen LogP contribution < -0.4 is 5.73 Å². The number of rotatable bonds is 7. The molecule has 0 heterocycles. The average molecular weight is 434 g/mol. The van der Waals surface area contributed by atoms with Crippen molar-refractivity contribution in [2.75, 3.05) is 13.7 Å². The zero-order chi connectivity index (χ0) is 23.2. The van der Waals surface area contributed by atoms with E-state index in [0.717, 1.165) is 5.56 Å². The van der Waals surface area contributed by atoms with Crippen LogP contribution in [0.3, 0.4) is 0 Å². The van der Waals surface area contributed by atoms with Crippen molar-refractivity contribution < 1.29 is 27.4 Å². The molecule has 31 heavy (non-hydrogen) atoms. The van der Waals surface area contributed by atoms with Crippen molar-refractivity contribution in [3.05, 3.63) is 76.0 Å². The smallest absolute Gasteiger partial charge is 0.433 e. The third-order valence-corrected chi connectivity index (χ3v) is 4.62. The standard InChI is InChI=1S/C23H25F3N2O3/c1-14-10-15(2)19(22(29)30-4)11-18(14)16(3)21(23(24,25)26)28-20(27)13-31-12-17-8-6-5-7-9-17/h5-11H,12-13H2,1-4H3,(H2,27,28)/b21-16+. The molecule has 0 aliphatic heterocycles. The van der Waals surface area contributed by atoms with Gasteiger partial charge in [-0.15, -0.1) is 0 Å². The van der Waals surface area contributed by atoms with E-state index in [-0.39, 0.29) is 35.7 Å². The molecule has 0 aromatic heterocycles. The van der Waals surface area contributed by atoms with Crippen molar-refractivity contribution in [2.45, 2.75) is 33.6 Å². The third-order valence-electron chi connectivity index (χ3n) is 4.62. The molecule has 8 heteroatoms. The van der Waals surface area contributed by atoms with Gasteiger partial charge in [-0.1, -0.05) is 36.4 Å². The van der Waals surface area contributed by atoms with Crippen LogP contribution in [0.4, 0.5) is 13.2 Å². The van der Waals surface area contributed by atoms with Crippen LogP contribution in [-0.2, 0) is 16.1 Å². The van der Waals surface area contributed by atoms with Crippen LogP contribution in [0.1, 0.15) is 39.5 Å². The normalized spacial score (nSPS) is 13.1. The summed E-state index contributed by atoms with van der Waals surface area (Å²) in [6, 6.07) is 12.2. The molecule has 2 aromatic carbocycles. The highest BCUT2D eigenvalue weighted by molar-refractivity contribution is 5.93. The van der Waals surface area contributed by atoms with Gasteiger partial charge in [-0.25, -0.2) is 9.79 Å². The summed E-state index contributed by atoms with van der Waals surface area (Å²) < 4.78 is 51.5. The fourth-order valence-corrected chi connectivity index (χ4v) is 3.10. The Morgan fingerprint density at radius 3 is 2.26 bits per heavy atom. The summed E-state index contributed by atoms with van der Waals surface area (Å²) in [5.41, 5.74) is 6.90. The fraction of sp³-hybridized carbons (Fsp3) is 0.304. The summed E-state index contributed by atoms with van der Waals surface area (Å²) in [6.45, 7) is 4.58. The van der Waals surface area contributed by atoms with Gasteiger partial charge >= 0.3 is 12.1 Å². The molecule has 0 fully saturated rings. The number of nitrogens with two attached hydrogens (primary N) is 1. The molecule has 0 radical (unpaired) electrons. The number of amidine groups is 1. The van der Waals surface area contributed by atoms with Crippen molar-refractivity contribution in [1.29, 1.82) is 0 Å². The zero-order valence-electron chi connectivity index (χ0n) is 17.8. The van der Waals surface area contributed by atoms with Gasteiger partial charge in [-0.3, -0.25) is 0 Å². The SMILES string of the molecule is COC(=O)c1cc(/C(C)=C(/N=C(N)COCc2ccccc2)C(F)(F)F)c(C)cc1C. The number of hydrogen-bond donors (Lipinski definition) is 1. The van der Waals surface area contributed by atoms with E-state index in [1.54, 1.807) is 19.9 Å². The minimum absolute atomic E-state index is 0.152. The summed E-state index contributed by atoms with van der Waals surface area (Å²) in [6.07, 6.45) is -4.75. The average Bonchev–Trinajstić information content (AvgIpc) is 2.71. The number of carbonyl (C=O) groups excluding carboxylic acids is 1. The van der Waals surface area contributed by atoms with E-state index in [1.807, 2.05) is 30.3 Å². The minimum atomic E-state index is -4.75. The Morgan fingerprint density at radius 1 is 1.06 bits per heavy atom. The second kappa shape index (κ2) is 10.3. The first-order valence-corrected chi connectivity index (χ1v) is 9.47. The highest BCUT2D eigenvalue weighted by Gasteiger charge is 2.36. The van der Waals surface area contributed by atoms with E-state index >= 15 is 0 Å². The number of alkyl halides is 3. The predicted molar refractivity (Wildman–Crippen MR) is 114 cm³/mol. The zero-order valence-corrected chi connectivity index (χ0v) is 17.8. The highest BCUT2D eigenvalue weighted by Crippen LogP contribution is 2.35. The van der Waals surface area contributed by atoms with Gasteiger partial charge < -0.3 is 15.2 Å². The van der Waals surface area contributed by atoms with Crippen LogP contribution in [0.15, 0.2) is 53.2 Å². The Morgan fingerprint density at radius 2 is 1.68 bits per heavy atom. The molecule has 0 aliphatic carbocycles. The van der Waals surface area contributed by atoms with Gasteiger partial charge in [0.15, 0.2) is 0 Å². The van der Waals surface area contributed by atoms with Crippen LogP contribution in [0, 0.1) is 13.8 Å². The molecule has 0 saturated carbocycles. The Labute approximate surface area is 179 Å². The lowest BCUT2D eigenvalue weighted by atomic mass is 9.94. The van der Waals surface area contributed by atoms with Crippen molar-refractivity contribution in [1.82, 2.24) is 0 Å². The van der Waals surface area contributed by atoms with Crippen LogP contribution >= 0.6 is 0 Å². The number of ether oxygens (including phenoxy) is 2. The van der Waals surface area contributed by atoms with Crippen molar-refractivity contribution in [3.8, 4) is 0 Å². The molecule has 0 aliphatic rings. The molecule has 2 aromatic rings. The first kappa shape index (κ1) is 24.1. The number of esters is 1. The van der Waals surface area contributed by atoms with E-state index in [2.05, 4.69) is 4.99 Å². The number of allylic oxidation sites excluding steroid dienone is 2. The molecule has 0 bridgehead atoms. The summed E-state index contributed by atoms with van der Waals surface area (Å²) in [5, 5.41) is 0. The maximum Gasteiger partial charge on any atom is 0.433 e. The Kier molecular flexibility index (Phi) is 7.99. The third kappa shape index (κ3) is 6.42. The molecule has 0 unspecified atom stereocenters. The molecule has 0 saturated heterocycles. The fourth-order valence-electron chi connectivity index (χ4n) is 3.10. The number of carbonyl (C=O) groups is 1. The Hall–Kier alpha value is -3.13. The van der Waals surface area contributed by atoms with Crippen LogP contribution in [0.25, 0.3) is 5.57 Å². The van der Waals surface area contributed by atoms with Gasteiger partial charge in [0.25, 0.3) is 0 Å². The number of benzene rings is 2. The van der Waals surface area contributed by atoms with Gasteiger partial charge in [0, 0.05) is 0 Å². The second-order valence-corrected chi connectivity index (χ2v) is 7.03. The molecular formula is C23H25F3N2O3. The van der Waals surface area contributed by atoms with E-state index in [4.69, 9.17) is 15.2 Å². The number of halogens is 3. The van der Waals surface area contributed by atoms with E-state index in [9.17, 15) is 18.0 Å². The van der Waals surface area contributed by atoms with Crippen LogP contribution in [0.5, 0.6) is 0 Å². The highest BCUT2D eigenvalue weighted by atomic mass is 19.4. The molecule has 5 nitrogen and oxygen atoms in total. The van der Waals surface area contributed by atoms with Crippen LogP contribution in [-0.4, -0.2) is 31.7 Å². The lowest BCUT2D eigenvalue weighted by Crippen LogP contribution is -2.22. The quantitative estimate of drug-likeness (QED) is 0.380. The molecule has 0 atom stereocenters. The van der Waals surface area contributed by atoms with Gasteiger partial charge in [0.05, 0.1) is 19.3 Å². The molecule has 0 amide bonds. The van der Waals surface area contributed by atoms with E-state index < -0.39 is 17.8 Å². The second-order valence-electron chi connectivity index (χ2n) is 7.03. The number of aryl methyl sites for hydroxylation is 2. The number of aliphatic imine (C=N–C) groups is 1. The first-order chi connectivity index (χ1) is 14.5. The monoisotopic (exact) mass is 434 g/mol. The van der Waals surface area contributed by atoms with Crippen LogP contribution in [0.2, 0.25) is 0 Å². The lowest BCUT2D eigenvalue weighted by Gasteiger charge is -2.16. The number of nitrogens with zero attached hydrogens (tertiary/aromatic N) is 1. The van der Waals surface area contributed by atoms with E-state index in [1.165, 1.54) is 20.1 Å². The molecule has 2 N–H and O–H groups in total. The van der Waals surface area contributed by atoms with Crippen molar-refractivity contribution in [2.24, 2.45) is 10.7 Å².